The molecule has 0 radical (unpaired) electrons. The maximum Gasteiger partial charge on any atom is 0.387 e. The molecule has 0 spiro atoms. The molecule has 0 N–H and O–H groups in total. The van der Waals surface area contributed by atoms with Gasteiger partial charge in [0.05, 0.1) is 11.9 Å². The lowest BCUT2D eigenvalue weighted by Gasteiger charge is -2.08. The summed E-state index contributed by atoms with van der Waals surface area (Å²) in [5, 5.41) is 3.78. The Labute approximate surface area is 109 Å². The van der Waals surface area contributed by atoms with Crippen LogP contribution in [-0.4, -0.2) is 16.4 Å². The Hall–Kier alpha value is -1.76. The number of ether oxygens (including phenoxy) is 1. The summed E-state index contributed by atoms with van der Waals surface area (Å²) >= 11 is 2.93. The third-order valence-electron chi connectivity index (χ3n) is 2.10. The molecule has 0 fully saturated rings. The second-order valence-corrected chi connectivity index (χ2v) is 4.05. The minimum absolute atomic E-state index is 0.0957. The van der Waals surface area contributed by atoms with Gasteiger partial charge < -0.3 is 4.74 Å². The number of benzene rings is 1. The Morgan fingerprint density at radius 3 is 2.56 bits per heavy atom. The standard InChI is InChI=1S/C11H7BrF2N2O2/c12-9-8(18-11(13)14)6-15-16(10(9)17)7-4-2-1-3-5-7/h1-6,11H. The van der Waals surface area contributed by atoms with E-state index < -0.39 is 12.2 Å². The number of rotatable bonds is 3. The van der Waals surface area contributed by atoms with Gasteiger partial charge in [0.2, 0.25) is 0 Å². The molecule has 1 aromatic heterocycles. The van der Waals surface area contributed by atoms with Crippen molar-refractivity contribution in [3.63, 3.8) is 0 Å². The lowest BCUT2D eigenvalue weighted by atomic mass is 10.3. The molecule has 18 heavy (non-hydrogen) atoms. The number of nitrogens with zero attached hydrogens (tertiary/aromatic N) is 2. The Kier molecular flexibility index (Phi) is 3.71. The third kappa shape index (κ3) is 2.56. The average Bonchev–Trinajstić information content (AvgIpc) is 2.36. The van der Waals surface area contributed by atoms with E-state index in [9.17, 15) is 13.6 Å². The summed E-state index contributed by atoms with van der Waals surface area (Å²) in [5.41, 5.74) is -0.0360. The molecular weight excluding hydrogens is 310 g/mol. The van der Waals surface area contributed by atoms with E-state index in [0.717, 1.165) is 10.9 Å². The van der Waals surface area contributed by atoms with Gasteiger partial charge in [0.15, 0.2) is 5.75 Å². The molecule has 0 saturated heterocycles. The monoisotopic (exact) mass is 316 g/mol. The summed E-state index contributed by atoms with van der Waals surface area (Å²) in [6, 6.07) is 8.61. The number of aromatic nitrogens is 2. The topological polar surface area (TPSA) is 44.1 Å². The maximum absolute atomic E-state index is 12.1. The van der Waals surface area contributed by atoms with Crippen molar-refractivity contribution in [1.82, 2.24) is 9.78 Å². The number of para-hydroxylation sites is 1. The number of alkyl halides is 2. The van der Waals surface area contributed by atoms with Gasteiger partial charge in [-0.15, -0.1) is 0 Å². The molecule has 4 nitrogen and oxygen atoms in total. The van der Waals surface area contributed by atoms with E-state index in [4.69, 9.17) is 0 Å². The highest BCUT2D eigenvalue weighted by Crippen LogP contribution is 2.21. The summed E-state index contributed by atoms with van der Waals surface area (Å²) in [6.07, 6.45) is 1.06. The lowest BCUT2D eigenvalue weighted by Crippen LogP contribution is -2.22. The van der Waals surface area contributed by atoms with Crippen molar-refractivity contribution < 1.29 is 13.5 Å². The van der Waals surface area contributed by atoms with Crippen LogP contribution in [0.5, 0.6) is 5.75 Å². The number of hydrogen-bond acceptors (Lipinski definition) is 3. The summed E-state index contributed by atoms with van der Waals surface area (Å²) in [4.78, 5) is 11.9. The van der Waals surface area contributed by atoms with Gasteiger partial charge in [0.1, 0.15) is 4.47 Å². The second-order valence-electron chi connectivity index (χ2n) is 3.25. The van der Waals surface area contributed by atoms with E-state index in [1.54, 1.807) is 30.3 Å². The smallest absolute Gasteiger partial charge is 0.387 e. The van der Waals surface area contributed by atoms with Crippen LogP contribution in [0.3, 0.4) is 0 Å². The molecule has 0 atom stereocenters. The highest BCUT2D eigenvalue weighted by atomic mass is 79.9. The first-order chi connectivity index (χ1) is 8.59. The van der Waals surface area contributed by atoms with Crippen molar-refractivity contribution in [2.24, 2.45) is 0 Å². The van der Waals surface area contributed by atoms with E-state index in [1.807, 2.05) is 0 Å². The highest BCUT2D eigenvalue weighted by molar-refractivity contribution is 9.10. The van der Waals surface area contributed by atoms with Gasteiger partial charge >= 0.3 is 6.61 Å². The van der Waals surface area contributed by atoms with Gasteiger partial charge in [-0.1, -0.05) is 18.2 Å². The van der Waals surface area contributed by atoms with Gasteiger partial charge in [-0.25, -0.2) is 0 Å². The van der Waals surface area contributed by atoms with Crippen LogP contribution in [-0.2, 0) is 0 Å². The summed E-state index contributed by atoms with van der Waals surface area (Å²) in [5.74, 6) is -0.290. The predicted molar refractivity (Wildman–Crippen MR) is 64.2 cm³/mol. The normalized spacial score (nSPS) is 10.7. The van der Waals surface area contributed by atoms with Crippen molar-refractivity contribution in [3.05, 3.63) is 51.4 Å². The molecule has 7 heteroatoms. The second kappa shape index (κ2) is 5.26. The fourth-order valence-electron chi connectivity index (χ4n) is 1.35. The van der Waals surface area contributed by atoms with E-state index >= 15 is 0 Å². The quantitative estimate of drug-likeness (QED) is 0.874. The minimum Gasteiger partial charge on any atom is -0.432 e. The largest absolute Gasteiger partial charge is 0.432 e. The molecule has 0 amide bonds. The Morgan fingerprint density at radius 1 is 1.28 bits per heavy atom. The van der Waals surface area contributed by atoms with Gasteiger partial charge in [-0.3, -0.25) is 4.79 Å². The molecule has 1 heterocycles. The molecule has 94 valence electrons. The molecule has 0 aliphatic rings. The fraction of sp³-hybridized carbons (Fsp3) is 0.0909. The van der Waals surface area contributed by atoms with E-state index in [2.05, 4.69) is 25.8 Å². The molecule has 0 aliphatic heterocycles. The first kappa shape index (κ1) is 12.7. The van der Waals surface area contributed by atoms with Crippen LogP contribution >= 0.6 is 15.9 Å². The van der Waals surface area contributed by atoms with Crippen LogP contribution < -0.4 is 10.3 Å². The van der Waals surface area contributed by atoms with Crippen molar-refractivity contribution >= 4 is 15.9 Å². The Balaban J connectivity index is 2.48. The SMILES string of the molecule is O=c1c(Br)c(OC(F)F)cnn1-c1ccccc1. The first-order valence-electron chi connectivity index (χ1n) is 4.87. The number of halogens is 3. The van der Waals surface area contributed by atoms with Crippen molar-refractivity contribution in [3.8, 4) is 11.4 Å². The van der Waals surface area contributed by atoms with Crippen LogP contribution in [0.25, 0.3) is 5.69 Å². The van der Waals surface area contributed by atoms with E-state index in [-0.39, 0.29) is 10.2 Å². The zero-order valence-electron chi connectivity index (χ0n) is 8.89. The Bertz CT molecular complexity index is 602. The molecule has 0 saturated carbocycles. The van der Waals surface area contributed by atoms with E-state index in [0.29, 0.717) is 5.69 Å². The molecule has 2 rings (SSSR count). The van der Waals surface area contributed by atoms with Crippen molar-refractivity contribution in [1.29, 1.82) is 0 Å². The minimum atomic E-state index is -3.00. The fourth-order valence-corrected chi connectivity index (χ4v) is 1.71. The number of hydrogen-bond donors (Lipinski definition) is 0. The van der Waals surface area contributed by atoms with Crippen molar-refractivity contribution in [2.45, 2.75) is 6.61 Å². The molecular formula is C11H7BrF2N2O2. The van der Waals surface area contributed by atoms with Crippen LogP contribution in [0.2, 0.25) is 0 Å². The lowest BCUT2D eigenvalue weighted by molar-refractivity contribution is -0.0508. The highest BCUT2D eigenvalue weighted by Gasteiger charge is 2.14. The van der Waals surface area contributed by atoms with Crippen LogP contribution in [0.4, 0.5) is 8.78 Å². The zero-order valence-corrected chi connectivity index (χ0v) is 10.5. The molecule has 0 unspecified atom stereocenters. The first-order valence-corrected chi connectivity index (χ1v) is 5.67. The van der Waals surface area contributed by atoms with E-state index in [1.165, 1.54) is 0 Å². The molecule has 1 aromatic carbocycles. The molecule has 2 aromatic rings. The van der Waals surface area contributed by atoms with Crippen LogP contribution in [0.1, 0.15) is 0 Å². The van der Waals surface area contributed by atoms with Crippen LogP contribution in [0, 0.1) is 0 Å². The van der Waals surface area contributed by atoms with Gasteiger partial charge in [-0.2, -0.15) is 18.6 Å². The van der Waals surface area contributed by atoms with Gasteiger partial charge in [-0.05, 0) is 28.1 Å². The van der Waals surface area contributed by atoms with Crippen LogP contribution in [0.15, 0.2) is 45.8 Å². The average molecular weight is 317 g/mol. The maximum atomic E-state index is 12.1. The summed E-state index contributed by atoms with van der Waals surface area (Å²) in [7, 11) is 0. The zero-order chi connectivity index (χ0) is 13.1. The van der Waals surface area contributed by atoms with Gasteiger partial charge in [0.25, 0.3) is 5.56 Å². The molecule has 0 aliphatic carbocycles. The van der Waals surface area contributed by atoms with Crippen molar-refractivity contribution in [2.75, 3.05) is 0 Å². The third-order valence-corrected chi connectivity index (χ3v) is 2.83. The predicted octanol–water partition coefficient (Wildman–Crippen LogP) is 2.60. The van der Waals surface area contributed by atoms with Gasteiger partial charge in [0, 0.05) is 0 Å². The Morgan fingerprint density at radius 2 is 1.94 bits per heavy atom. The summed E-state index contributed by atoms with van der Waals surface area (Å²) in [6.45, 7) is -3.00. The summed E-state index contributed by atoms with van der Waals surface area (Å²) < 4.78 is 29.3. The molecule has 0 bridgehead atoms.